The number of nitrogens with one attached hydrogen (secondary N) is 3. The first-order valence-electron chi connectivity index (χ1n) is 9.46. The molecule has 0 fully saturated rings. The van der Waals surface area contributed by atoms with Gasteiger partial charge in [0, 0.05) is 24.6 Å². The summed E-state index contributed by atoms with van der Waals surface area (Å²) in [6.45, 7) is 6.45. The molecule has 0 aliphatic rings. The summed E-state index contributed by atoms with van der Waals surface area (Å²) in [5, 5.41) is 2.62. The number of rotatable bonds is 6. The molecule has 6 heteroatoms. The van der Waals surface area contributed by atoms with Gasteiger partial charge in [0.05, 0.1) is 0 Å². The van der Waals surface area contributed by atoms with Gasteiger partial charge in [-0.1, -0.05) is 63.2 Å². The fourth-order valence-electron chi connectivity index (χ4n) is 2.48. The fourth-order valence-corrected chi connectivity index (χ4v) is 2.48. The van der Waals surface area contributed by atoms with E-state index in [9.17, 15) is 14.4 Å². The number of hydrazine groups is 1. The zero-order chi connectivity index (χ0) is 21.3. The van der Waals surface area contributed by atoms with Gasteiger partial charge in [0.15, 0.2) is 0 Å². The van der Waals surface area contributed by atoms with Crippen LogP contribution in [0.25, 0.3) is 6.08 Å². The van der Waals surface area contributed by atoms with Crippen LogP contribution in [0.2, 0.25) is 0 Å². The number of hydrogen-bond donors (Lipinski definition) is 3. The molecule has 3 amide bonds. The topological polar surface area (TPSA) is 87.3 Å². The fraction of sp³-hybridized carbons (Fsp3) is 0.261. The van der Waals surface area contributed by atoms with Crippen LogP contribution in [0, 0.1) is 0 Å². The van der Waals surface area contributed by atoms with E-state index in [4.69, 9.17) is 0 Å². The van der Waals surface area contributed by atoms with Gasteiger partial charge in [-0.3, -0.25) is 25.2 Å². The molecule has 0 aliphatic heterocycles. The van der Waals surface area contributed by atoms with E-state index in [1.165, 1.54) is 6.08 Å². The molecule has 0 saturated carbocycles. The second kappa shape index (κ2) is 10.2. The lowest BCUT2D eigenvalue weighted by molar-refractivity contribution is -0.122. The van der Waals surface area contributed by atoms with Gasteiger partial charge in [0.25, 0.3) is 5.91 Å². The van der Waals surface area contributed by atoms with E-state index in [0.29, 0.717) is 5.56 Å². The molecule has 0 saturated heterocycles. The van der Waals surface area contributed by atoms with E-state index in [2.05, 4.69) is 36.9 Å². The Morgan fingerprint density at radius 1 is 0.897 bits per heavy atom. The Hall–Kier alpha value is -3.41. The number of amides is 3. The average Bonchev–Trinajstić information content (AvgIpc) is 2.70. The van der Waals surface area contributed by atoms with Gasteiger partial charge in [-0.2, -0.15) is 0 Å². The monoisotopic (exact) mass is 393 g/mol. The second-order valence-electron chi connectivity index (χ2n) is 7.61. The molecular weight excluding hydrogens is 366 g/mol. The molecule has 3 N–H and O–H groups in total. The highest BCUT2D eigenvalue weighted by Gasteiger charge is 2.14. The molecule has 0 spiro atoms. The van der Waals surface area contributed by atoms with Crippen molar-refractivity contribution in [2.75, 3.05) is 6.54 Å². The number of carbonyl (C=O) groups is 3. The molecule has 29 heavy (non-hydrogen) atoms. The molecule has 0 atom stereocenters. The van der Waals surface area contributed by atoms with E-state index in [1.54, 1.807) is 18.2 Å². The Balaban J connectivity index is 1.69. The third kappa shape index (κ3) is 7.62. The zero-order valence-corrected chi connectivity index (χ0v) is 17.0. The van der Waals surface area contributed by atoms with Crippen LogP contribution in [-0.4, -0.2) is 24.3 Å². The average molecular weight is 393 g/mol. The molecule has 6 nitrogen and oxygen atoms in total. The van der Waals surface area contributed by atoms with E-state index in [-0.39, 0.29) is 24.3 Å². The summed E-state index contributed by atoms with van der Waals surface area (Å²) in [5.74, 6) is -1.07. The van der Waals surface area contributed by atoms with Crippen molar-refractivity contribution in [2.24, 2.45) is 0 Å². The quantitative estimate of drug-likeness (QED) is 0.521. The van der Waals surface area contributed by atoms with Gasteiger partial charge in [-0.05, 0) is 34.8 Å². The lowest BCUT2D eigenvalue weighted by atomic mass is 9.87. The largest absolute Gasteiger partial charge is 0.352 e. The summed E-state index contributed by atoms with van der Waals surface area (Å²) < 4.78 is 0. The van der Waals surface area contributed by atoms with Crippen molar-refractivity contribution >= 4 is 23.8 Å². The van der Waals surface area contributed by atoms with Gasteiger partial charge < -0.3 is 5.32 Å². The maximum Gasteiger partial charge on any atom is 0.269 e. The van der Waals surface area contributed by atoms with E-state index < -0.39 is 11.8 Å². The third-order valence-electron chi connectivity index (χ3n) is 4.21. The molecule has 2 rings (SSSR count). The first-order valence-corrected chi connectivity index (χ1v) is 9.46. The van der Waals surface area contributed by atoms with Gasteiger partial charge in [-0.15, -0.1) is 0 Å². The molecule has 0 unspecified atom stereocenters. The highest BCUT2D eigenvalue weighted by atomic mass is 16.2. The molecular formula is C23H27N3O3. The first-order chi connectivity index (χ1) is 13.8. The highest BCUT2D eigenvalue weighted by Crippen LogP contribution is 2.22. The summed E-state index contributed by atoms with van der Waals surface area (Å²) in [6, 6.07) is 16.7. The van der Waals surface area contributed by atoms with Crippen molar-refractivity contribution in [3.8, 4) is 0 Å². The summed E-state index contributed by atoms with van der Waals surface area (Å²) in [7, 11) is 0. The predicted octanol–water partition coefficient (Wildman–Crippen LogP) is 2.96. The molecule has 0 bridgehead atoms. The van der Waals surface area contributed by atoms with Crippen LogP contribution in [0.3, 0.4) is 0 Å². The van der Waals surface area contributed by atoms with E-state index in [0.717, 1.165) is 11.1 Å². The van der Waals surface area contributed by atoms with Gasteiger partial charge in [0.1, 0.15) is 0 Å². The molecule has 0 aromatic heterocycles. The Kier molecular flexibility index (Phi) is 7.71. The third-order valence-corrected chi connectivity index (χ3v) is 4.21. The van der Waals surface area contributed by atoms with Crippen LogP contribution >= 0.6 is 0 Å². The Morgan fingerprint density at radius 2 is 1.55 bits per heavy atom. The second-order valence-corrected chi connectivity index (χ2v) is 7.61. The number of hydrogen-bond acceptors (Lipinski definition) is 3. The van der Waals surface area contributed by atoms with Crippen LogP contribution in [0.1, 0.15) is 48.7 Å². The minimum atomic E-state index is -0.395. The van der Waals surface area contributed by atoms with Crippen molar-refractivity contribution in [2.45, 2.75) is 32.6 Å². The maximum absolute atomic E-state index is 12.1. The summed E-state index contributed by atoms with van der Waals surface area (Å²) in [5.41, 5.74) is 7.22. The lowest BCUT2D eigenvalue weighted by Gasteiger charge is -2.19. The highest BCUT2D eigenvalue weighted by molar-refractivity contribution is 5.95. The Bertz CT molecular complexity index is 866. The summed E-state index contributed by atoms with van der Waals surface area (Å²) in [4.78, 5) is 35.7. The van der Waals surface area contributed by atoms with Crippen LogP contribution in [0.4, 0.5) is 0 Å². The van der Waals surface area contributed by atoms with Crippen LogP contribution in [-0.2, 0) is 15.0 Å². The van der Waals surface area contributed by atoms with Gasteiger partial charge >= 0.3 is 0 Å². The van der Waals surface area contributed by atoms with Crippen molar-refractivity contribution in [3.05, 3.63) is 77.4 Å². The maximum atomic E-state index is 12.1. The molecule has 0 radical (unpaired) electrons. The SMILES string of the molecule is CC(C)(C)c1ccc(C(=O)NNC(=O)CCNC(=O)/C=C/c2ccccc2)cc1. The van der Waals surface area contributed by atoms with Crippen molar-refractivity contribution in [1.82, 2.24) is 16.2 Å². The summed E-state index contributed by atoms with van der Waals surface area (Å²) in [6.07, 6.45) is 3.16. The Labute approximate surface area is 171 Å². The molecule has 2 aromatic carbocycles. The lowest BCUT2D eigenvalue weighted by Crippen LogP contribution is -2.42. The minimum Gasteiger partial charge on any atom is -0.352 e. The number of carbonyl (C=O) groups excluding carboxylic acids is 3. The first kappa shape index (κ1) is 21.9. The Morgan fingerprint density at radius 3 is 2.17 bits per heavy atom. The van der Waals surface area contributed by atoms with Crippen LogP contribution in [0.15, 0.2) is 60.7 Å². The molecule has 2 aromatic rings. The molecule has 0 heterocycles. The predicted molar refractivity (Wildman–Crippen MR) is 114 cm³/mol. The normalized spacial score (nSPS) is 11.1. The molecule has 152 valence electrons. The van der Waals surface area contributed by atoms with Crippen molar-refractivity contribution in [1.29, 1.82) is 0 Å². The molecule has 0 aliphatic carbocycles. The van der Waals surface area contributed by atoms with Gasteiger partial charge in [-0.25, -0.2) is 0 Å². The summed E-state index contributed by atoms with van der Waals surface area (Å²) >= 11 is 0. The van der Waals surface area contributed by atoms with Crippen molar-refractivity contribution in [3.63, 3.8) is 0 Å². The van der Waals surface area contributed by atoms with Crippen LogP contribution in [0.5, 0.6) is 0 Å². The van der Waals surface area contributed by atoms with E-state index >= 15 is 0 Å². The standard InChI is InChI=1S/C23H27N3O3/c1-23(2,3)19-12-10-18(11-13-19)22(29)26-25-21(28)15-16-24-20(27)14-9-17-7-5-4-6-8-17/h4-14H,15-16H2,1-3H3,(H,24,27)(H,25,28)(H,26,29)/b14-9+. The van der Waals surface area contributed by atoms with Gasteiger partial charge in [0.2, 0.25) is 11.8 Å². The number of benzene rings is 2. The van der Waals surface area contributed by atoms with E-state index in [1.807, 2.05) is 42.5 Å². The zero-order valence-electron chi connectivity index (χ0n) is 17.0. The smallest absolute Gasteiger partial charge is 0.269 e. The minimum absolute atomic E-state index is 0.00391. The van der Waals surface area contributed by atoms with Crippen molar-refractivity contribution < 1.29 is 14.4 Å². The van der Waals surface area contributed by atoms with Crippen LogP contribution < -0.4 is 16.2 Å².